The molecule has 3 N–H and O–H groups in total. The lowest BCUT2D eigenvalue weighted by Crippen LogP contribution is -2.26. The molecule has 0 amide bonds. The summed E-state index contributed by atoms with van der Waals surface area (Å²) in [6.07, 6.45) is 1.32. The maximum atomic E-state index is 8.69. The van der Waals surface area contributed by atoms with E-state index in [2.05, 4.69) is 6.58 Å². The molecule has 0 saturated heterocycles. The third kappa shape index (κ3) is 6.19. The van der Waals surface area contributed by atoms with Gasteiger partial charge in [-0.1, -0.05) is 6.58 Å². The largest absolute Gasteiger partial charge is 0.402 e. The third-order valence-electron chi connectivity index (χ3n) is 1.63. The minimum absolute atomic E-state index is 0.149. The topological polar surface area (TPSA) is 55.5 Å². The van der Waals surface area contributed by atoms with Crippen molar-refractivity contribution in [3.63, 3.8) is 0 Å². The molecule has 0 aliphatic carbocycles. The summed E-state index contributed by atoms with van der Waals surface area (Å²) in [5, 5.41) is 8.69. The van der Waals surface area contributed by atoms with Gasteiger partial charge in [0.25, 0.3) is 0 Å². The summed E-state index contributed by atoms with van der Waals surface area (Å²) in [5.74, 6) is 0. The number of hydrogen-bond donors (Lipinski definition) is 2. The predicted octanol–water partition coefficient (Wildman–Crippen LogP) is 1.03. The Bertz CT molecular complexity index is 143. The van der Waals surface area contributed by atoms with Crippen LogP contribution in [0.15, 0.2) is 12.3 Å². The van der Waals surface area contributed by atoms with Gasteiger partial charge in [-0.25, -0.2) is 0 Å². The van der Waals surface area contributed by atoms with Crippen molar-refractivity contribution in [1.29, 1.82) is 0 Å². The van der Waals surface area contributed by atoms with Crippen molar-refractivity contribution in [3.8, 4) is 0 Å². The Kier molecular flexibility index (Phi) is 4.93. The molecule has 0 aromatic carbocycles. The van der Waals surface area contributed by atoms with E-state index in [1.54, 1.807) is 0 Å². The molecule has 0 aromatic rings. The maximum absolute atomic E-state index is 8.69. The fourth-order valence-corrected chi connectivity index (χ4v) is 0.800. The first-order valence-electron chi connectivity index (χ1n) is 4.16. The van der Waals surface area contributed by atoms with Crippen molar-refractivity contribution in [3.05, 3.63) is 12.3 Å². The van der Waals surface area contributed by atoms with Crippen LogP contribution in [0.2, 0.25) is 0 Å². The van der Waals surface area contributed by atoms with Crippen LogP contribution in [0.3, 0.4) is 0 Å². The second-order valence-electron chi connectivity index (χ2n) is 3.49. The Labute approximate surface area is 74.2 Å². The Morgan fingerprint density at radius 2 is 2.17 bits per heavy atom. The molecule has 0 aliphatic heterocycles. The van der Waals surface area contributed by atoms with Crippen molar-refractivity contribution >= 4 is 0 Å². The van der Waals surface area contributed by atoms with Crippen LogP contribution in [0.4, 0.5) is 0 Å². The molecule has 0 rings (SSSR count). The van der Waals surface area contributed by atoms with Gasteiger partial charge < -0.3 is 15.6 Å². The average molecular weight is 173 g/mol. The lowest BCUT2D eigenvalue weighted by Gasteiger charge is -2.24. The normalized spacial score (nSPS) is 11.6. The molecule has 0 aliphatic rings. The van der Waals surface area contributed by atoms with Crippen LogP contribution in [0, 0.1) is 0 Å². The zero-order valence-corrected chi connectivity index (χ0v) is 7.97. The fourth-order valence-electron chi connectivity index (χ4n) is 0.800. The molecule has 0 unspecified atom stereocenters. The number of rotatable bonds is 6. The first kappa shape index (κ1) is 11.5. The van der Waals surface area contributed by atoms with Gasteiger partial charge >= 0.3 is 0 Å². The Morgan fingerprint density at radius 1 is 1.58 bits per heavy atom. The Balaban J connectivity index is 3.53. The molecule has 0 fully saturated rings. The molecule has 0 aromatic heterocycles. The highest BCUT2D eigenvalue weighted by molar-refractivity contribution is 4.85. The van der Waals surface area contributed by atoms with E-state index in [0.717, 1.165) is 0 Å². The van der Waals surface area contributed by atoms with Crippen LogP contribution >= 0.6 is 0 Å². The second kappa shape index (κ2) is 5.17. The van der Waals surface area contributed by atoms with Crippen LogP contribution in [0.25, 0.3) is 0 Å². The summed E-state index contributed by atoms with van der Waals surface area (Å²) < 4.78 is 5.48. The predicted molar refractivity (Wildman–Crippen MR) is 49.7 cm³/mol. The number of ether oxygens (including phenoxy) is 1. The maximum Gasteiger partial charge on any atom is 0.0648 e. The SMILES string of the molecule is C=C(N)CCOC(C)(C)CCO. The molecule has 0 saturated carbocycles. The summed E-state index contributed by atoms with van der Waals surface area (Å²) in [7, 11) is 0. The molecule has 12 heavy (non-hydrogen) atoms. The highest BCUT2D eigenvalue weighted by atomic mass is 16.5. The van der Waals surface area contributed by atoms with E-state index in [-0.39, 0.29) is 12.2 Å². The molecule has 0 atom stereocenters. The van der Waals surface area contributed by atoms with Crippen molar-refractivity contribution in [1.82, 2.24) is 0 Å². The summed E-state index contributed by atoms with van der Waals surface area (Å²) in [6.45, 7) is 8.18. The van der Waals surface area contributed by atoms with Crippen LogP contribution < -0.4 is 5.73 Å². The van der Waals surface area contributed by atoms with Gasteiger partial charge in [0, 0.05) is 18.7 Å². The quantitative estimate of drug-likeness (QED) is 0.630. The number of aliphatic hydroxyl groups is 1. The van der Waals surface area contributed by atoms with E-state index >= 15 is 0 Å². The van der Waals surface area contributed by atoms with Crippen LogP contribution in [-0.2, 0) is 4.74 Å². The van der Waals surface area contributed by atoms with E-state index in [1.807, 2.05) is 13.8 Å². The van der Waals surface area contributed by atoms with E-state index in [1.165, 1.54) is 0 Å². The van der Waals surface area contributed by atoms with Gasteiger partial charge in [-0.05, 0) is 20.3 Å². The standard InChI is InChI=1S/C9H19NO2/c1-8(10)4-7-12-9(2,3)5-6-11/h11H,1,4-7,10H2,2-3H3. The summed E-state index contributed by atoms with van der Waals surface area (Å²) in [4.78, 5) is 0. The molecule has 0 bridgehead atoms. The Hall–Kier alpha value is -0.540. The van der Waals surface area contributed by atoms with Crippen LogP contribution in [-0.4, -0.2) is 23.9 Å². The molecular formula is C9H19NO2. The molecule has 0 spiro atoms. The second-order valence-corrected chi connectivity index (χ2v) is 3.49. The summed E-state index contributed by atoms with van der Waals surface area (Å²) in [5.41, 5.74) is 5.75. The highest BCUT2D eigenvalue weighted by Gasteiger charge is 2.16. The number of nitrogens with two attached hydrogens (primary N) is 1. The Morgan fingerprint density at radius 3 is 2.58 bits per heavy atom. The van der Waals surface area contributed by atoms with Crippen LogP contribution in [0.1, 0.15) is 26.7 Å². The lowest BCUT2D eigenvalue weighted by molar-refractivity contribution is -0.0310. The lowest BCUT2D eigenvalue weighted by atomic mass is 10.1. The smallest absolute Gasteiger partial charge is 0.0648 e. The van der Waals surface area contributed by atoms with Gasteiger partial charge in [0.05, 0.1) is 12.2 Å². The van der Waals surface area contributed by atoms with Crippen molar-refractivity contribution in [2.45, 2.75) is 32.3 Å². The number of aliphatic hydroxyl groups excluding tert-OH is 1. The van der Waals surface area contributed by atoms with E-state index in [4.69, 9.17) is 15.6 Å². The number of hydrogen-bond acceptors (Lipinski definition) is 3. The summed E-state index contributed by atoms with van der Waals surface area (Å²) >= 11 is 0. The van der Waals surface area contributed by atoms with Crippen molar-refractivity contribution in [2.24, 2.45) is 5.73 Å². The molecule has 0 heterocycles. The minimum atomic E-state index is -0.260. The van der Waals surface area contributed by atoms with E-state index in [9.17, 15) is 0 Å². The zero-order chi connectivity index (χ0) is 9.61. The molecule has 3 heteroatoms. The van der Waals surface area contributed by atoms with Gasteiger partial charge in [-0.15, -0.1) is 0 Å². The van der Waals surface area contributed by atoms with Gasteiger partial charge in [-0.2, -0.15) is 0 Å². The van der Waals surface area contributed by atoms with Crippen molar-refractivity contribution in [2.75, 3.05) is 13.2 Å². The first-order chi connectivity index (χ1) is 5.48. The monoisotopic (exact) mass is 173 g/mol. The zero-order valence-electron chi connectivity index (χ0n) is 7.97. The highest BCUT2D eigenvalue weighted by Crippen LogP contribution is 2.13. The first-order valence-corrected chi connectivity index (χ1v) is 4.16. The van der Waals surface area contributed by atoms with Gasteiger partial charge in [0.2, 0.25) is 0 Å². The third-order valence-corrected chi connectivity index (χ3v) is 1.63. The molecular weight excluding hydrogens is 154 g/mol. The molecule has 72 valence electrons. The minimum Gasteiger partial charge on any atom is -0.402 e. The fraction of sp³-hybridized carbons (Fsp3) is 0.778. The molecule has 0 radical (unpaired) electrons. The van der Waals surface area contributed by atoms with E-state index < -0.39 is 0 Å². The average Bonchev–Trinajstić information content (AvgIpc) is 1.85. The van der Waals surface area contributed by atoms with Crippen LogP contribution in [0.5, 0.6) is 0 Å². The van der Waals surface area contributed by atoms with E-state index in [0.29, 0.717) is 25.1 Å². The van der Waals surface area contributed by atoms with Gasteiger partial charge in [-0.3, -0.25) is 0 Å². The summed E-state index contributed by atoms with van der Waals surface area (Å²) in [6, 6.07) is 0. The molecule has 3 nitrogen and oxygen atoms in total. The van der Waals surface area contributed by atoms with Gasteiger partial charge in [0.15, 0.2) is 0 Å². The van der Waals surface area contributed by atoms with Gasteiger partial charge in [0.1, 0.15) is 0 Å². The van der Waals surface area contributed by atoms with Crippen molar-refractivity contribution < 1.29 is 9.84 Å².